The Morgan fingerprint density at radius 1 is 1.21 bits per heavy atom. The summed E-state index contributed by atoms with van der Waals surface area (Å²) in [4.78, 5) is 10.9. The molecule has 0 unspecified atom stereocenters. The Kier molecular flexibility index (Phi) is 3.71. The van der Waals surface area contributed by atoms with Gasteiger partial charge in [0.25, 0.3) is 0 Å². The van der Waals surface area contributed by atoms with Gasteiger partial charge in [0, 0.05) is 11.6 Å². The van der Waals surface area contributed by atoms with Crippen LogP contribution in [-0.4, -0.2) is 20.1 Å². The third-order valence-corrected chi connectivity index (χ3v) is 2.84. The molecule has 4 heteroatoms. The maximum absolute atomic E-state index is 10.9. The molecule has 4 nitrogen and oxygen atoms in total. The molecule has 98 valence electrons. The van der Waals surface area contributed by atoms with Crippen molar-refractivity contribution in [3.8, 4) is 11.5 Å². The second-order valence-corrected chi connectivity index (χ2v) is 3.98. The second kappa shape index (κ2) is 5.44. The predicted molar refractivity (Wildman–Crippen MR) is 75.3 cm³/mol. The zero-order valence-corrected chi connectivity index (χ0v) is 10.8. The Hall–Kier alpha value is -2.49. The number of fused-ring (bicyclic) bond motifs is 1. The third-order valence-electron chi connectivity index (χ3n) is 2.84. The Morgan fingerprint density at radius 3 is 2.58 bits per heavy atom. The minimum absolute atomic E-state index is 0.506. The summed E-state index contributed by atoms with van der Waals surface area (Å²) in [5.74, 6) is 0.693. The minimum atomic E-state index is -0.506. The molecule has 2 aromatic carbocycles. The fourth-order valence-corrected chi connectivity index (χ4v) is 2.02. The van der Waals surface area contributed by atoms with E-state index in [1.54, 1.807) is 20.3 Å². The average Bonchev–Trinajstić information content (AvgIpc) is 2.43. The van der Waals surface area contributed by atoms with Crippen molar-refractivity contribution in [2.45, 2.75) is 0 Å². The van der Waals surface area contributed by atoms with Gasteiger partial charge in [-0.05, 0) is 22.9 Å². The summed E-state index contributed by atoms with van der Waals surface area (Å²) < 4.78 is 10.7. The normalized spacial score (nSPS) is 10.8. The lowest BCUT2D eigenvalue weighted by molar-refractivity contribution is -0.113. The molecule has 0 saturated carbocycles. The number of benzene rings is 2. The summed E-state index contributed by atoms with van der Waals surface area (Å²) in [5.41, 5.74) is 5.92. The Labute approximate surface area is 111 Å². The molecule has 0 heterocycles. The summed E-state index contributed by atoms with van der Waals surface area (Å²) in [5, 5.41) is 1.97. The number of primary amides is 1. The summed E-state index contributed by atoms with van der Waals surface area (Å²) in [6.07, 6.45) is 2.95. The molecule has 0 aliphatic rings. The molecule has 0 aliphatic heterocycles. The standard InChI is InChI=1S/C15H15NO3/c1-18-13-9-10-5-3-4-6-11(10)12(15(13)19-2)7-8-14(16)17/h3-9H,1-2H3,(H2,16,17)/b8-7+. The van der Waals surface area contributed by atoms with E-state index in [-0.39, 0.29) is 0 Å². The molecule has 0 aromatic heterocycles. The van der Waals surface area contributed by atoms with Crippen LogP contribution in [0.15, 0.2) is 36.4 Å². The smallest absolute Gasteiger partial charge is 0.241 e. The number of nitrogens with two attached hydrogens (primary N) is 1. The van der Waals surface area contributed by atoms with E-state index in [9.17, 15) is 4.79 Å². The Bertz CT molecular complexity index is 647. The van der Waals surface area contributed by atoms with E-state index in [1.165, 1.54) is 6.08 Å². The zero-order valence-electron chi connectivity index (χ0n) is 10.8. The van der Waals surface area contributed by atoms with Gasteiger partial charge in [0.2, 0.25) is 5.91 Å². The Morgan fingerprint density at radius 2 is 1.95 bits per heavy atom. The summed E-state index contributed by atoms with van der Waals surface area (Å²) in [7, 11) is 3.14. The van der Waals surface area contributed by atoms with Crippen LogP contribution in [0.4, 0.5) is 0 Å². The van der Waals surface area contributed by atoms with Crippen molar-refractivity contribution in [1.29, 1.82) is 0 Å². The number of hydrogen-bond acceptors (Lipinski definition) is 3. The fraction of sp³-hybridized carbons (Fsp3) is 0.133. The zero-order chi connectivity index (χ0) is 13.8. The largest absolute Gasteiger partial charge is 0.493 e. The first-order chi connectivity index (χ1) is 9.17. The van der Waals surface area contributed by atoms with Gasteiger partial charge in [-0.2, -0.15) is 0 Å². The lowest BCUT2D eigenvalue weighted by atomic mass is 10.0. The predicted octanol–water partition coefficient (Wildman–Crippen LogP) is 2.36. The summed E-state index contributed by atoms with van der Waals surface area (Å²) in [6, 6.07) is 9.69. The lowest BCUT2D eigenvalue weighted by Crippen LogP contribution is -2.05. The van der Waals surface area contributed by atoms with Gasteiger partial charge in [-0.3, -0.25) is 4.79 Å². The number of carbonyl (C=O) groups is 1. The van der Waals surface area contributed by atoms with Crippen molar-refractivity contribution in [3.63, 3.8) is 0 Å². The number of methoxy groups -OCH3 is 2. The van der Waals surface area contributed by atoms with Crippen LogP contribution in [-0.2, 0) is 4.79 Å². The van der Waals surface area contributed by atoms with Crippen molar-refractivity contribution in [2.75, 3.05) is 14.2 Å². The molecule has 2 aromatic rings. The third kappa shape index (κ3) is 2.52. The quantitative estimate of drug-likeness (QED) is 0.855. The molecule has 19 heavy (non-hydrogen) atoms. The van der Waals surface area contributed by atoms with E-state index in [0.29, 0.717) is 11.5 Å². The van der Waals surface area contributed by atoms with Gasteiger partial charge in [-0.1, -0.05) is 24.3 Å². The first-order valence-electron chi connectivity index (χ1n) is 5.78. The fourth-order valence-electron chi connectivity index (χ4n) is 2.02. The van der Waals surface area contributed by atoms with Crippen LogP contribution >= 0.6 is 0 Å². The van der Waals surface area contributed by atoms with Gasteiger partial charge < -0.3 is 15.2 Å². The molecular formula is C15H15NO3. The molecule has 0 bridgehead atoms. The van der Waals surface area contributed by atoms with Crippen molar-refractivity contribution in [3.05, 3.63) is 42.0 Å². The first kappa shape index (κ1) is 13.0. The molecule has 2 N–H and O–H groups in total. The number of rotatable bonds is 4. The van der Waals surface area contributed by atoms with Crippen LogP contribution in [0.5, 0.6) is 11.5 Å². The van der Waals surface area contributed by atoms with Crippen molar-refractivity contribution in [1.82, 2.24) is 0 Å². The van der Waals surface area contributed by atoms with Crippen molar-refractivity contribution < 1.29 is 14.3 Å². The van der Waals surface area contributed by atoms with E-state index in [4.69, 9.17) is 15.2 Å². The van der Waals surface area contributed by atoms with E-state index in [0.717, 1.165) is 16.3 Å². The minimum Gasteiger partial charge on any atom is -0.493 e. The molecule has 2 rings (SSSR count). The molecule has 0 atom stereocenters. The molecule has 0 radical (unpaired) electrons. The summed E-state index contributed by atoms with van der Waals surface area (Å²) >= 11 is 0. The number of amides is 1. The first-order valence-corrected chi connectivity index (χ1v) is 5.78. The van der Waals surface area contributed by atoms with E-state index >= 15 is 0 Å². The van der Waals surface area contributed by atoms with Gasteiger partial charge in [-0.15, -0.1) is 0 Å². The van der Waals surface area contributed by atoms with Gasteiger partial charge >= 0.3 is 0 Å². The number of ether oxygens (including phenoxy) is 2. The molecule has 1 amide bonds. The second-order valence-electron chi connectivity index (χ2n) is 3.98. The molecule has 0 fully saturated rings. The molecule has 0 spiro atoms. The van der Waals surface area contributed by atoms with Gasteiger partial charge in [0.1, 0.15) is 0 Å². The van der Waals surface area contributed by atoms with Crippen molar-refractivity contribution >= 4 is 22.8 Å². The summed E-state index contributed by atoms with van der Waals surface area (Å²) in [6.45, 7) is 0. The topological polar surface area (TPSA) is 61.5 Å². The highest BCUT2D eigenvalue weighted by atomic mass is 16.5. The van der Waals surface area contributed by atoms with Crippen LogP contribution in [0.1, 0.15) is 5.56 Å². The van der Waals surface area contributed by atoms with E-state index < -0.39 is 5.91 Å². The maximum Gasteiger partial charge on any atom is 0.241 e. The SMILES string of the molecule is COc1cc2ccccc2c(/C=C/C(N)=O)c1OC. The van der Waals surface area contributed by atoms with Crippen LogP contribution in [0.2, 0.25) is 0 Å². The van der Waals surface area contributed by atoms with E-state index in [2.05, 4.69) is 0 Å². The molecule has 0 aliphatic carbocycles. The van der Waals surface area contributed by atoms with Crippen LogP contribution in [0.3, 0.4) is 0 Å². The molecule has 0 saturated heterocycles. The van der Waals surface area contributed by atoms with Crippen LogP contribution in [0.25, 0.3) is 16.8 Å². The Balaban J connectivity index is 2.77. The lowest BCUT2D eigenvalue weighted by Gasteiger charge is -2.13. The van der Waals surface area contributed by atoms with E-state index in [1.807, 2.05) is 30.3 Å². The van der Waals surface area contributed by atoms with Gasteiger partial charge in [0.15, 0.2) is 11.5 Å². The van der Waals surface area contributed by atoms with Crippen LogP contribution < -0.4 is 15.2 Å². The maximum atomic E-state index is 10.9. The highest BCUT2D eigenvalue weighted by molar-refractivity contribution is 5.99. The van der Waals surface area contributed by atoms with Gasteiger partial charge in [-0.25, -0.2) is 0 Å². The average molecular weight is 257 g/mol. The van der Waals surface area contributed by atoms with Gasteiger partial charge in [0.05, 0.1) is 14.2 Å². The highest BCUT2D eigenvalue weighted by Gasteiger charge is 2.12. The monoisotopic (exact) mass is 257 g/mol. The van der Waals surface area contributed by atoms with Crippen molar-refractivity contribution in [2.24, 2.45) is 5.73 Å². The van der Waals surface area contributed by atoms with Crippen LogP contribution in [0, 0.1) is 0 Å². The highest BCUT2D eigenvalue weighted by Crippen LogP contribution is 2.38. The number of carbonyl (C=O) groups excluding carboxylic acids is 1. The number of hydrogen-bond donors (Lipinski definition) is 1. The molecular weight excluding hydrogens is 242 g/mol.